The molecule has 0 bridgehead atoms. The number of hydrogen-bond donors (Lipinski definition) is 1. The highest BCUT2D eigenvalue weighted by Crippen LogP contribution is 2.33. The summed E-state index contributed by atoms with van der Waals surface area (Å²) in [6, 6.07) is 3.76. The molecule has 1 atom stereocenters. The van der Waals surface area contributed by atoms with Crippen LogP contribution in [0.2, 0.25) is 0 Å². The zero-order valence-electron chi connectivity index (χ0n) is 16.3. The topological polar surface area (TPSA) is 119 Å². The van der Waals surface area contributed by atoms with E-state index in [0.717, 1.165) is 16.6 Å². The smallest absolute Gasteiger partial charge is 0.271 e. The number of sulfonamides is 1. The number of nitro groups is 1. The van der Waals surface area contributed by atoms with Gasteiger partial charge in [-0.15, -0.1) is 0 Å². The Balaban J connectivity index is 2.97. The molecule has 0 spiro atoms. The van der Waals surface area contributed by atoms with Crippen molar-refractivity contribution >= 4 is 27.3 Å². The van der Waals surface area contributed by atoms with Gasteiger partial charge in [0.25, 0.3) is 5.69 Å². The molecule has 0 fully saturated rings. The number of rotatable bonds is 10. The van der Waals surface area contributed by atoms with E-state index in [4.69, 9.17) is 4.74 Å². The van der Waals surface area contributed by atoms with Crippen LogP contribution in [-0.4, -0.2) is 45.2 Å². The Hall–Kier alpha value is -2.36. The molecule has 0 radical (unpaired) electrons. The van der Waals surface area contributed by atoms with Crippen LogP contribution in [0.25, 0.3) is 0 Å². The number of ether oxygens (including phenoxy) is 1. The molecule has 1 aromatic carbocycles. The number of nitrogens with zero attached hydrogens (tertiary/aromatic N) is 2. The second kappa shape index (κ2) is 9.54. The molecule has 1 aromatic rings. The molecule has 0 unspecified atom stereocenters. The lowest BCUT2D eigenvalue weighted by atomic mass is 10.1. The van der Waals surface area contributed by atoms with Gasteiger partial charge in [0.05, 0.1) is 18.3 Å². The molecule has 9 nitrogen and oxygen atoms in total. The quantitative estimate of drug-likeness (QED) is 0.475. The summed E-state index contributed by atoms with van der Waals surface area (Å²) in [7, 11) is -2.38. The third-order valence-electron chi connectivity index (χ3n) is 4.20. The van der Waals surface area contributed by atoms with E-state index in [1.807, 2.05) is 20.8 Å². The highest BCUT2D eigenvalue weighted by atomic mass is 32.2. The van der Waals surface area contributed by atoms with E-state index in [9.17, 15) is 23.3 Å². The van der Waals surface area contributed by atoms with Crippen molar-refractivity contribution in [3.05, 3.63) is 28.3 Å². The average molecular weight is 401 g/mol. The van der Waals surface area contributed by atoms with E-state index in [2.05, 4.69) is 5.32 Å². The Morgan fingerprint density at radius 3 is 2.44 bits per heavy atom. The van der Waals surface area contributed by atoms with Gasteiger partial charge >= 0.3 is 0 Å². The van der Waals surface area contributed by atoms with Crippen LogP contribution in [-0.2, 0) is 14.8 Å². The lowest BCUT2D eigenvalue weighted by Crippen LogP contribution is -2.37. The molecule has 0 heterocycles. The molecular weight excluding hydrogens is 374 g/mol. The molecule has 0 aliphatic rings. The number of benzene rings is 1. The summed E-state index contributed by atoms with van der Waals surface area (Å²) in [5.74, 6) is 0.315. The summed E-state index contributed by atoms with van der Waals surface area (Å²) in [5.41, 5.74) is -0.173. The maximum Gasteiger partial charge on any atom is 0.271 e. The highest BCUT2D eigenvalue weighted by molar-refractivity contribution is 7.92. The molecule has 152 valence electrons. The number of non-ortho nitro benzene ring substituents is 1. The van der Waals surface area contributed by atoms with Crippen molar-refractivity contribution in [2.24, 2.45) is 5.92 Å². The fourth-order valence-electron chi connectivity index (χ4n) is 2.33. The first-order chi connectivity index (χ1) is 12.5. The number of nitrogens with one attached hydrogen (secondary N) is 1. The first-order valence-corrected chi connectivity index (χ1v) is 10.4. The summed E-state index contributed by atoms with van der Waals surface area (Å²) in [6.07, 6.45) is 1.40. The van der Waals surface area contributed by atoms with Crippen LogP contribution in [0.15, 0.2) is 18.2 Å². The Morgan fingerprint density at radius 1 is 1.33 bits per heavy atom. The zero-order chi connectivity index (χ0) is 20.8. The molecule has 1 amide bonds. The van der Waals surface area contributed by atoms with E-state index >= 15 is 0 Å². The molecule has 0 aliphatic heterocycles. The van der Waals surface area contributed by atoms with E-state index < -0.39 is 14.9 Å². The number of anilines is 1. The Kier molecular flexibility index (Phi) is 8.01. The highest BCUT2D eigenvalue weighted by Gasteiger charge is 2.24. The number of hydrogen-bond acceptors (Lipinski definition) is 6. The van der Waals surface area contributed by atoms with Crippen LogP contribution in [0.1, 0.15) is 33.6 Å². The number of carbonyl (C=O) groups is 1. The van der Waals surface area contributed by atoms with Gasteiger partial charge in [0.15, 0.2) is 0 Å². The van der Waals surface area contributed by atoms with Gasteiger partial charge in [-0.05, 0) is 25.3 Å². The standard InChI is InChI=1S/C17H27N3O6S/c1-12(2)13(3)18-17(21)7-6-10-19(27(5,24)25)15-11-14(20(22)23)8-9-16(15)26-4/h8-9,11-13H,6-7,10H2,1-5H3,(H,18,21)/t13-/m0/s1. The van der Waals surface area contributed by atoms with Crippen molar-refractivity contribution in [2.45, 2.75) is 39.7 Å². The van der Waals surface area contributed by atoms with Crippen molar-refractivity contribution in [3.8, 4) is 5.75 Å². The molecule has 0 aromatic heterocycles. The third-order valence-corrected chi connectivity index (χ3v) is 5.38. The predicted octanol–water partition coefficient (Wildman–Crippen LogP) is 2.31. The minimum atomic E-state index is -3.73. The fourth-order valence-corrected chi connectivity index (χ4v) is 3.29. The molecule has 27 heavy (non-hydrogen) atoms. The largest absolute Gasteiger partial charge is 0.495 e. The summed E-state index contributed by atoms with van der Waals surface area (Å²) >= 11 is 0. The van der Waals surface area contributed by atoms with Crippen molar-refractivity contribution in [3.63, 3.8) is 0 Å². The predicted molar refractivity (Wildman–Crippen MR) is 104 cm³/mol. The average Bonchev–Trinajstić information content (AvgIpc) is 2.56. The minimum absolute atomic E-state index is 0.000158. The molecule has 0 aliphatic carbocycles. The van der Waals surface area contributed by atoms with Gasteiger partial charge in [0.2, 0.25) is 15.9 Å². The maximum atomic E-state index is 12.2. The molecule has 0 saturated carbocycles. The van der Waals surface area contributed by atoms with Crippen molar-refractivity contribution in [1.29, 1.82) is 0 Å². The third kappa shape index (κ3) is 6.70. The second-order valence-electron chi connectivity index (χ2n) is 6.65. The number of nitro benzene ring substituents is 1. The van der Waals surface area contributed by atoms with Gasteiger partial charge in [0, 0.05) is 31.1 Å². The first kappa shape index (κ1) is 22.7. The minimum Gasteiger partial charge on any atom is -0.495 e. The fraction of sp³-hybridized carbons (Fsp3) is 0.588. The normalized spacial score (nSPS) is 12.5. The van der Waals surface area contributed by atoms with E-state index in [1.54, 1.807) is 0 Å². The Bertz CT molecular complexity index is 779. The molecular formula is C17H27N3O6S. The summed E-state index contributed by atoms with van der Waals surface area (Å²) in [5, 5.41) is 13.9. The second-order valence-corrected chi connectivity index (χ2v) is 8.56. The Labute approximate surface area is 159 Å². The van der Waals surface area contributed by atoms with Crippen LogP contribution in [0.4, 0.5) is 11.4 Å². The summed E-state index contributed by atoms with van der Waals surface area (Å²) < 4.78 is 30.6. The number of amides is 1. The molecule has 1 N–H and O–H groups in total. The van der Waals surface area contributed by atoms with Gasteiger partial charge in [-0.1, -0.05) is 13.8 Å². The van der Waals surface area contributed by atoms with E-state index in [0.29, 0.717) is 0 Å². The molecule has 10 heteroatoms. The Morgan fingerprint density at radius 2 is 1.96 bits per heavy atom. The lowest BCUT2D eigenvalue weighted by Gasteiger charge is -2.24. The van der Waals surface area contributed by atoms with Gasteiger partial charge in [-0.3, -0.25) is 19.2 Å². The van der Waals surface area contributed by atoms with Gasteiger partial charge in [0.1, 0.15) is 11.4 Å². The van der Waals surface area contributed by atoms with Crippen LogP contribution < -0.4 is 14.4 Å². The maximum absolute atomic E-state index is 12.2. The van der Waals surface area contributed by atoms with Gasteiger partial charge < -0.3 is 10.1 Å². The number of methoxy groups -OCH3 is 1. The van der Waals surface area contributed by atoms with Crippen LogP contribution in [0, 0.1) is 16.0 Å². The van der Waals surface area contributed by atoms with Gasteiger partial charge in [-0.25, -0.2) is 8.42 Å². The summed E-state index contributed by atoms with van der Waals surface area (Å²) in [6.45, 7) is 5.88. The van der Waals surface area contributed by atoms with Gasteiger partial charge in [-0.2, -0.15) is 0 Å². The lowest BCUT2D eigenvalue weighted by molar-refractivity contribution is -0.384. The van der Waals surface area contributed by atoms with E-state index in [-0.39, 0.29) is 54.4 Å². The SMILES string of the molecule is COc1ccc([N+](=O)[O-])cc1N(CCCC(=O)N[C@@H](C)C(C)C)S(C)(=O)=O. The monoisotopic (exact) mass is 401 g/mol. The number of carbonyl (C=O) groups excluding carboxylic acids is 1. The van der Waals surface area contributed by atoms with E-state index in [1.165, 1.54) is 19.2 Å². The summed E-state index contributed by atoms with van der Waals surface area (Å²) in [4.78, 5) is 22.4. The zero-order valence-corrected chi connectivity index (χ0v) is 17.1. The van der Waals surface area contributed by atoms with Crippen molar-refractivity contribution in [1.82, 2.24) is 5.32 Å². The van der Waals surface area contributed by atoms with Crippen molar-refractivity contribution < 1.29 is 22.9 Å². The first-order valence-electron chi connectivity index (χ1n) is 8.56. The van der Waals surface area contributed by atoms with Crippen molar-refractivity contribution in [2.75, 3.05) is 24.2 Å². The van der Waals surface area contributed by atoms with Crippen LogP contribution >= 0.6 is 0 Å². The van der Waals surface area contributed by atoms with Crippen LogP contribution in [0.5, 0.6) is 5.75 Å². The molecule has 1 rings (SSSR count). The van der Waals surface area contributed by atoms with Crippen LogP contribution in [0.3, 0.4) is 0 Å². The molecule has 0 saturated heterocycles.